The molecule has 0 aromatic heterocycles. The number of thiocarbonyl (C=S) groups is 2. The Bertz CT molecular complexity index is 1350. The van der Waals surface area contributed by atoms with Crippen molar-refractivity contribution in [3.63, 3.8) is 0 Å². The van der Waals surface area contributed by atoms with E-state index >= 15 is 0 Å². The third-order valence-electron chi connectivity index (χ3n) is 6.85. The molecular formula is C32H34N2O6S4. The number of hydrogen-bond donors (Lipinski definition) is 0. The number of rotatable bonds is 14. The summed E-state index contributed by atoms with van der Waals surface area (Å²) in [7, 11) is 0. The number of nitrogens with zero attached hydrogens (tertiary/aromatic N) is 2. The predicted octanol–water partition coefficient (Wildman–Crippen LogP) is 6.88. The SMILES string of the molecule is CCCCCOC(=O)Cc1ccc(N2C(=O)/C(=C3\SC(=S)N(c4ccc(CC(=O)OCCCCC)cc4)C3=O)SC2=S)cc1. The van der Waals surface area contributed by atoms with Crippen LogP contribution in [0.5, 0.6) is 0 Å². The number of anilines is 2. The van der Waals surface area contributed by atoms with Gasteiger partial charge in [-0.1, -0.05) is 112 Å². The normalized spacial score (nSPS) is 16.7. The Morgan fingerprint density at radius 2 is 1.00 bits per heavy atom. The van der Waals surface area contributed by atoms with Crippen molar-refractivity contribution in [3.05, 3.63) is 69.5 Å². The van der Waals surface area contributed by atoms with Crippen molar-refractivity contribution < 1.29 is 28.7 Å². The van der Waals surface area contributed by atoms with Crippen molar-refractivity contribution in [2.24, 2.45) is 0 Å². The molecule has 44 heavy (non-hydrogen) atoms. The molecule has 4 rings (SSSR count). The molecule has 0 unspecified atom stereocenters. The van der Waals surface area contributed by atoms with Crippen LogP contribution in [0.4, 0.5) is 11.4 Å². The fraction of sp³-hybridized carbons (Fsp3) is 0.375. The summed E-state index contributed by atoms with van der Waals surface area (Å²) in [6.07, 6.45) is 6.10. The lowest BCUT2D eigenvalue weighted by atomic mass is 10.1. The topological polar surface area (TPSA) is 93.2 Å². The average molecular weight is 671 g/mol. The highest BCUT2D eigenvalue weighted by Crippen LogP contribution is 2.44. The van der Waals surface area contributed by atoms with Crippen LogP contribution in [0.15, 0.2) is 58.3 Å². The van der Waals surface area contributed by atoms with Gasteiger partial charge in [0.2, 0.25) is 0 Å². The number of hydrogen-bond acceptors (Lipinski definition) is 10. The third-order valence-corrected chi connectivity index (χ3v) is 9.73. The fourth-order valence-electron chi connectivity index (χ4n) is 4.49. The van der Waals surface area contributed by atoms with Crippen LogP contribution >= 0.6 is 48.0 Å². The number of thioether (sulfide) groups is 2. The Hall–Kier alpha value is -3.06. The second-order valence-corrected chi connectivity index (χ2v) is 13.5. The Morgan fingerprint density at radius 3 is 1.34 bits per heavy atom. The Morgan fingerprint density at radius 1 is 0.636 bits per heavy atom. The minimum atomic E-state index is -0.406. The molecule has 2 saturated heterocycles. The van der Waals surface area contributed by atoms with Crippen LogP contribution in [0.2, 0.25) is 0 Å². The average Bonchev–Trinajstić information content (AvgIpc) is 3.47. The van der Waals surface area contributed by atoms with Gasteiger partial charge < -0.3 is 9.47 Å². The van der Waals surface area contributed by atoms with E-state index in [-0.39, 0.29) is 34.6 Å². The van der Waals surface area contributed by atoms with E-state index in [0.29, 0.717) is 33.2 Å². The van der Waals surface area contributed by atoms with Crippen LogP contribution in [0, 0.1) is 0 Å². The number of esters is 2. The molecule has 2 aromatic rings. The molecule has 2 heterocycles. The molecule has 2 fully saturated rings. The molecule has 0 saturated carbocycles. The molecule has 2 amide bonds. The monoisotopic (exact) mass is 670 g/mol. The van der Waals surface area contributed by atoms with E-state index in [4.69, 9.17) is 33.9 Å². The van der Waals surface area contributed by atoms with Gasteiger partial charge in [0.05, 0.1) is 47.2 Å². The number of unbranched alkanes of at least 4 members (excludes halogenated alkanes) is 4. The van der Waals surface area contributed by atoms with Crippen LogP contribution < -0.4 is 9.80 Å². The Labute approximate surface area is 276 Å². The molecule has 0 atom stereocenters. The van der Waals surface area contributed by atoms with Gasteiger partial charge in [-0.15, -0.1) is 0 Å². The van der Waals surface area contributed by atoms with Gasteiger partial charge in [0.1, 0.15) is 0 Å². The maximum atomic E-state index is 13.5. The Kier molecular flexibility index (Phi) is 12.5. The highest BCUT2D eigenvalue weighted by Gasteiger charge is 2.43. The molecular weight excluding hydrogens is 637 g/mol. The van der Waals surface area contributed by atoms with Crippen LogP contribution in [-0.2, 0) is 41.5 Å². The van der Waals surface area contributed by atoms with E-state index < -0.39 is 11.8 Å². The highest BCUT2D eigenvalue weighted by molar-refractivity contribution is 8.30. The summed E-state index contributed by atoms with van der Waals surface area (Å²) in [4.78, 5) is 54.5. The molecule has 2 aliphatic heterocycles. The molecule has 232 valence electrons. The van der Waals surface area contributed by atoms with Gasteiger partial charge in [-0.05, 0) is 48.2 Å². The van der Waals surface area contributed by atoms with Crippen LogP contribution in [0.1, 0.15) is 63.5 Å². The standard InChI is InChI=1S/C32H34N2O6S4/c1-3-5-7-17-39-25(35)19-21-9-13-23(14-10-21)33-29(37)27(43-31(33)41)28-30(38)34(32(42)44-28)24-15-11-22(12-16-24)20-26(36)40-18-8-6-4-2/h9-16H,3-8,17-20H2,1-2H3/b28-27+. The van der Waals surface area contributed by atoms with E-state index in [1.807, 2.05) is 0 Å². The molecule has 12 heteroatoms. The number of amides is 2. The first-order valence-corrected chi connectivity index (χ1v) is 17.0. The second kappa shape index (κ2) is 16.3. The number of carbonyl (C=O) groups excluding carboxylic acids is 4. The van der Waals surface area contributed by atoms with Gasteiger partial charge in [0.25, 0.3) is 11.8 Å². The summed E-state index contributed by atoms with van der Waals surface area (Å²) < 4.78 is 11.2. The summed E-state index contributed by atoms with van der Waals surface area (Å²) in [5, 5.41) is 0. The summed E-state index contributed by atoms with van der Waals surface area (Å²) in [6, 6.07) is 13.9. The third kappa shape index (κ3) is 8.56. The van der Waals surface area contributed by atoms with Crippen LogP contribution in [0.3, 0.4) is 0 Å². The first kappa shape index (κ1) is 33.8. The number of benzene rings is 2. The maximum Gasteiger partial charge on any atom is 0.310 e. The quantitative estimate of drug-likeness (QED) is 0.0917. The van der Waals surface area contributed by atoms with Gasteiger partial charge in [0.15, 0.2) is 8.64 Å². The van der Waals surface area contributed by atoms with Crippen LogP contribution in [0.25, 0.3) is 0 Å². The maximum absolute atomic E-state index is 13.5. The largest absolute Gasteiger partial charge is 0.465 e. The summed E-state index contributed by atoms with van der Waals surface area (Å²) in [5.74, 6) is -1.40. The molecule has 0 aliphatic carbocycles. The van der Waals surface area contributed by atoms with Crippen LogP contribution in [-0.4, -0.2) is 45.6 Å². The van der Waals surface area contributed by atoms with E-state index in [0.717, 1.165) is 73.2 Å². The lowest BCUT2D eigenvalue weighted by Crippen LogP contribution is -2.29. The van der Waals surface area contributed by atoms with Gasteiger partial charge in [-0.25, -0.2) is 0 Å². The fourth-order valence-corrected chi connectivity index (χ4v) is 7.24. The second-order valence-electron chi connectivity index (χ2n) is 10.2. The summed E-state index contributed by atoms with van der Waals surface area (Å²) in [5.41, 5.74) is 2.60. The molecule has 2 aromatic carbocycles. The zero-order valence-electron chi connectivity index (χ0n) is 24.7. The minimum absolute atomic E-state index is 0.136. The number of ether oxygens (including phenoxy) is 2. The smallest absolute Gasteiger partial charge is 0.310 e. The van der Waals surface area contributed by atoms with Crippen molar-refractivity contribution in [2.45, 2.75) is 65.2 Å². The molecule has 8 nitrogen and oxygen atoms in total. The molecule has 0 radical (unpaired) electrons. The predicted molar refractivity (Wildman–Crippen MR) is 184 cm³/mol. The molecule has 0 N–H and O–H groups in total. The van der Waals surface area contributed by atoms with Crippen molar-refractivity contribution in [1.82, 2.24) is 0 Å². The zero-order valence-corrected chi connectivity index (χ0v) is 27.9. The molecule has 2 aliphatic rings. The lowest BCUT2D eigenvalue weighted by molar-refractivity contribution is -0.143. The van der Waals surface area contributed by atoms with E-state index in [2.05, 4.69) is 13.8 Å². The van der Waals surface area contributed by atoms with Gasteiger partial charge in [0, 0.05) is 0 Å². The van der Waals surface area contributed by atoms with Gasteiger partial charge in [-0.2, -0.15) is 0 Å². The van der Waals surface area contributed by atoms with Gasteiger partial charge in [-0.3, -0.25) is 29.0 Å². The van der Waals surface area contributed by atoms with E-state index in [9.17, 15) is 19.2 Å². The van der Waals surface area contributed by atoms with Gasteiger partial charge >= 0.3 is 11.9 Å². The first-order chi connectivity index (χ1) is 21.2. The molecule has 0 spiro atoms. The van der Waals surface area contributed by atoms with E-state index in [1.165, 1.54) is 9.80 Å². The zero-order chi connectivity index (χ0) is 31.6. The van der Waals surface area contributed by atoms with Crippen molar-refractivity contribution >= 4 is 91.7 Å². The first-order valence-electron chi connectivity index (χ1n) is 14.6. The Balaban J connectivity index is 1.40. The lowest BCUT2D eigenvalue weighted by Gasteiger charge is -2.15. The van der Waals surface area contributed by atoms with Crippen molar-refractivity contribution in [3.8, 4) is 0 Å². The summed E-state index contributed by atoms with van der Waals surface area (Å²) >= 11 is 13.2. The minimum Gasteiger partial charge on any atom is -0.465 e. The molecule has 0 bridgehead atoms. The number of carbonyl (C=O) groups is 4. The van der Waals surface area contributed by atoms with Crippen molar-refractivity contribution in [1.29, 1.82) is 0 Å². The summed E-state index contributed by atoms with van der Waals surface area (Å²) in [6.45, 7) is 5.00. The van der Waals surface area contributed by atoms with E-state index in [1.54, 1.807) is 48.5 Å². The highest BCUT2D eigenvalue weighted by atomic mass is 32.2. The van der Waals surface area contributed by atoms with Crippen molar-refractivity contribution in [2.75, 3.05) is 23.0 Å².